The number of thioether (sulfide) groups is 1. The number of hydrogen-bond acceptors (Lipinski definition) is 8. The Bertz CT molecular complexity index is 857. The smallest absolute Gasteiger partial charge is 0.368 e. The second-order valence-corrected chi connectivity index (χ2v) is 6.19. The van der Waals surface area contributed by atoms with E-state index in [2.05, 4.69) is 20.4 Å². The molecule has 0 saturated heterocycles. The monoisotopic (exact) mass is 398 g/mol. The SMILES string of the molecule is CSc1nc(N)nc(NCC(=O)Cc2cccc(C(F)(F)F)c2)c1/C=N\N. The van der Waals surface area contributed by atoms with Gasteiger partial charge in [0.05, 0.1) is 23.9 Å². The van der Waals surface area contributed by atoms with Crippen molar-refractivity contribution in [3.63, 3.8) is 0 Å². The van der Waals surface area contributed by atoms with Crippen LogP contribution in [0.4, 0.5) is 24.9 Å². The van der Waals surface area contributed by atoms with Crippen LogP contribution in [0.1, 0.15) is 16.7 Å². The van der Waals surface area contributed by atoms with Crippen LogP contribution in [0.15, 0.2) is 34.4 Å². The molecule has 27 heavy (non-hydrogen) atoms. The first-order valence-corrected chi connectivity index (χ1v) is 8.83. The van der Waals surface area contributed by atoms with Gasteiger partial charge in [-0.15, -0.1) is 11.8 Å². The van der Waals surface area contributed by atoms with Gasteiger partial charge in [0.25, 0.3) is 0 Å². The average Bonchev–Trinajstić information content (AvgIpc) is 2.61. The Balaban J connectivity index is 2.11. The first-order valence-electron chi connectivity index (χ1n) is 7.61. The summed E-state index contributed by atoms with van der Waals surface area (Å²) < 4.78 is 38.3. The van der Waals surface area contributed by atoms with E-state index in [1.165, 1.54) is 30.1 Å². The van der Waals surface area contributed by atoms with Crippen molar-refractivity contribution in [3.8, 4) is 0 Å². The number of aromatic nitrogens is 2. The molecular formula is C16H17F3N6OS. The Morgan fingerprint density at radius 1 is 1.37 bits per heavy atom. The van der Waals surface area contributed by atoms with Crippen LogP contribution in [0, 0.1) is 0 Å². The number of nitrogens with zero attached hydrogens (tertiary/aromatic N) is 3. The lowest BCUT2D eigenvalue weighted by molar-refractivity contribution is -0.137. The summed E-state index contributed by atoms with van der Waals surface area (Å²) >= 11 is 1.30. The van der Waals surface area contributed by atoms with Crippen molar-refractivity contribution < 1.29 is 18.0 Å². The fraction of sp³-hybridized carbons (Fsp3) is 0.250. The van der Waals surface area contributed by atoms with E-state index in [9.17, 15) is 18.0 Å². The van der Waals surface area contributed by atoms with Gasteiger partial charge in [0, 0.05) is 6.42 Å². The van der Waals surface area contributed by atoms with Crippen molar-refractivity contribution in [2.24, 2.45) is 10.9 Å². The summed E-state index contributed by atoms with van der Waals surface area (Å²) in [5, 5.41) is 6.78. The first-order chi connectivity index (χ1) is 12.7. The van der Waals surface area contributed by atoms with Gasteiger partial charge in [-0.1, -0.05) is 18.2 Å². The number of hydrazone groups is 1. The van der Waals surface area contributed by atoms with E-state index in [0.717, 1.165) is 12.1 Å². The molecule has 0 aliphatic rings. The number of benzene rings is 1. The van der Waals surface area contributed by atoms with Crippen molar-refractivity contribution >= 4 is 35.5 Å². The number of carbonyl (C=O) groups excluding carboxylic acids is 1. The number of alkyl halides is 3. The minimum absolute atomic E-state index is 0.00125. The lowest BCUT2D eigenvalue weighted by Crippen LogP contribution is -2.19. The summed E-state index contributed by atoms with van der Waals surface area (Å²) in [6.45, 7) is -0.161. The number of anilines is 2. The minimum Gasteiger partial charge on any atom is -0.368 e. The zero-order valence-corrected chi connectivity index (χ0v) is 15.1. The largest absolute Gasteiger partial charge is 0.416 e. The number of Topliss-reactive ketones (excluding diaryl/α,β-unsaturated/α-hetero) is 1. The van der Waals surface area contributed by atoms with Crippen LogP contribution in [-0.2, 0) is 17.4 Å². The molecule has 7 nitrogen and oxygen atoms in total. The topological polar surface area (TPSA) is 119 Å². The molecule has 2 aromatic rings. The van der Waals surface area contributed by atoms with E-state index in [-0.39, 0.29) is 36.1 Å². The van der Waals surface area contributed by atoms with Gasteiger partial charge in [-0.2, -0.15) is 23.3 Å². The van der Waals surface area contributed by atoms with Gasteiger partial charge in [0.15, 0.2) is 5.78 Å². The van der Waals surface area contributed by atoms with Crippen molar-refractivity contribution in [1.29, 1.82) is 0 Å². The highest BCUT2D eigenvalue weighted by Gasteiger charge is 2.30. The van der Waals surface area contributed by atoms with Crippen LogP contribution >= 0.6 is 11.8 Å². The number of nitrogens with two attached hydrogens (primary N) is 2. The Morgan fingerprint density at radius 3 is 2.74 bits per heavy atom. The number of rotatable bonds is 7. The lowest BCUT2D eigenvalue weighted by Gasteiger charge is -2.12. The van der Waals surface area contributed by atoms with Crippen LogP contribution in [0.5, 0.6) is 0 Å². The Kier molecular flexibility index (Phi) is 6.61. The summed E-state index contributed by atoms with van der Waals surface area (Å²) in [7, 11) is 0. The highest BCUT2D eigenvalue weighted by atomic mass is 32.2. The fourth-order valence-corrected chi connectivity index (χ4v) is 2.83. The maximum Gasteiger partial charge on any atom is 0.416 e. The quantitative estimate of drug-likeness (QED) is 0.215. The van der Waals surface area contributed by atoms with E-state index in [4.69, 9.17) is 11.6 Å². The van der Waals surface area contributed by atoms with E-state index in [1.54, 1.807) is 6.26 Å². The van der Waals surface area contributed by atoms with Crippen LogP contribution in [0.25, 0.3) is 0 Å². The van der Waals surface area contributed by atoms with Crippen molar-refractivity contribution in [2.45, 2.75) is 17.6 Å². The molecule has 1 heterocycles. The number of nitrogen functional groups attached to an aromatic ring is 1. The summed E-state index contributed by atoms with van der Waals surface area (Å²) in [5.41, 5.74) is 5.58. The Labute approximate surface area is 157 Å². The molecule has 11 heteroatoms. The van der Waals surface area contributed by atoms with Gasteiger partial charge in [0.2, 0.25) is 5.95 Å². The summed E-state index contributed by atoms with van der Waals surface area (Å²) in [6, 6.07) is 4.65. The van der Waals surface area contributed by atoms with E-state index < -0.39 is 11.7 Å². The molecule has 0 saturated carbocycles. The molecule has 0 amide bonds. The Morgan fingerprint density at radius 2 is 2.11 bits per heavy atom. The fourth-order valence-electron chi connectivity index (χ4n) is 2.28. The second kappa shape index (κ2) is 8.71. The highest BCUT2D eigenvalue weighted by Crippen LogP contribution is 2.29. The zero-order valence-electron chi connectivity index (χ0n) is 14.2. The predicted molar refractivity (Wildman–Crippen MR) is 98.7 cm³/mol. The molecule has 0 atom stereocenters. The maximum atomic E-state index is 12.8. The lowest BCUT2D eigenvalue weighted by atomic mass is 10.1. The third-order valence-corrected chi connectivity index (χ3v) is 4.13. The second-order valence-electron chi connectivity index (χ2n) is 5.40. The normalized spacial score (nSPS) is 11.7. The standard InChI is InChI=1S/C16H17F3N6OS/c1-27-14-12(8-23-21)13(24-15(20)25-14)22-7-11(26)6-9-3-2-4-10(5-9)16(17,18)19/h2-5,8H,6-7,21H2,1H3,(H3,20,22,24,25)/b23-8-. The van der Waals surface area contributed by atoms with Crippen molar-refractivity contribution in [3.05, 3.63) is 41.0 Å². The number of hydrogen-bond donors (Lipinski definition) is 3. The number of ketones is 1. The Hall–Kier alpha value is -2.82. The number of carbonyl (C=O) groups is 1. The van der Waals surface area contributed by atoms with Gasteiger partial charge in [-0.3, -0.25) is 4.79 Å². The van der Waals surface area contributed by atoms with Crippen LogP contribution < -0.4 is 16.9 Å². The molecule has 2 rings (SSSR count). The summed E-state index contributed by atoms with van der Waals surface area (Å²) in [6.07, 6.45) is -1.52. The molecule has 1 aromatic carbocycles. The van der Waals surface area contributed by atoms with E-state index in [1.807, 2.05) is 0 Å². The zero-order chi connectivity index (χ0) is 20.0. The van der Waals surface area contributed by atoms with E-state index in [0.29, 0.717) is 10.6 Å². The molecule has 0 bridgehead atoms. The highest BCUT2D eigenvalue weighted by molar-refractivity contribution is 7.98. The molecule has 0 aliphatic carbocycles. The molecule has 0 radical (unpaired) electrons. The third-order valence-electron chi connectivity index (χ3n) is 3.43. The van der Waals surface area contributed by atoms with Crippen LogP contribution in [0.3, 0.4) is 0 Å². The minimum atomic E-state index is -4.46. The summed E-state index contributed by atoms with van der Waals surface area (Å²) in [4.78, 5) is 20.2. The van der Waals surface area contributed by atoms with Crippen molar-refractivity contribution in [2.75, 3.05) is 23.9 Å². The van der Waals surface area contributed by atoms with Gasteiger partial charge in [-0.25, -0.2) is 4.98 Å². The molecule has 144 valence electrons. The third kappa shape index (κ3) is 5.58. The molecule has 5 N–H and O–H groups in total. The van der Waals surface area contributed by atoms with Crippen LogP contribution in [-0.4, -0.2) is 34.8 Å². The number of halogens is 3. The predicted octanol–water partition coefficient (Wildman–Crippen LogP) is 2.32. The molecule has 0 spiro atoms. The molecule has 0 fully saturated rings. The molecule has 1 aromatic heterocycles. The molecule has 0 unspecified atom stereocenters. The molecule has 0 aliphatic heterocycles. The van der Waals surface area contributed by atoms with Crippen molar-refractivity contribution in [1.82, 2.24) is 9.97 Å². The van der Waals surface area contributed by atoms with E-state index >= 15 is 0 Å². The van der Waals surface area contributed by atoms with Gasteiger partial charge in [-0.05, 0) is 17.9 Å². The maximum absolute atomic E-state index is 12.8. The van der Waals surface area contributed by atoms with Gasteiger partial charge >= 0.3 is 6.18 Å². The summed E-state index contributed by atoms with van der Waals surface area (Å²) in [5.74, 6) is 5.12. The number of nitrogens with one attached hydrogen (secondary N) is 1. The first kappa shape index (κ1) is 20.5. The van der Waals surface area contributed by atoms with Gasteiger partial charge in [0.1, 0.15) is 10.8 Å². The van der Waals surface area contributed by atoms with Crippen LogP contribution in [0.2, 0.25) is 0 Å². The molecular weight excluding hydrogens is 381 g/mol. The van der Waals surface area contributed by atoms with Gasteiger partial charge < -0.3 is 16.9 Å². The average molecular weight is 398 g/mol.